The number of aromatic nitrogens is 2. The van der Waals surface area contributed by atoms with Gasteiger partial charge >= 0.3 is 24.2 Å². The van der Waals surface area contributed by atoms with Crippen LogP contribution in [0.15, 0.2) is 48.5 Å². The molecule has 0 N–H and O–H groups in total. The van der Waals surface area contributed by atoms with Crippen molar-refractivity contribution in [1.82, 2.24) is 9.78 Å². The molecule has 1 aromatic heterocycles. The van der Waals surface area contributed by atoms with E-state index in [1.807, 2.05) is 0 Å². The van der Waals surface area contributed by atoms with Crippen molar-refractivity contribution in [3.8, 4) is 28.4 Å². The Morgan fingerprint density at radius 3 is 2.05 bits per heavy atom. The van der Waals surface area contributed by atoms with Gasteiger partial charge in [-0.3, -0.25) is 0 Å². The van der Waals surface area contributed by atoms with Crippen molar-refractivity contribution >= 4 is 11.9 Å². The van der Waals surface area contributed by atoms with Gasteiger partial charge in [0.05, 0.1) is 27.0 Å². The van der Waals surface area contributed by atoms with Crippen LogP contribution in [0.1, 0.15) is 20.8 Å². The molecule has 0 fully saturated rings. The molecule has 3 rings (SSSR count). The number of nitrogens with zero attached hydrogens (tertiary/aromatic N) is 2. The Morgan fingerprint density at radius 2 is 1.51 bits per heavy atom. The van der Waals surface area contributed by atoms with E-state index in [0.717, 1.165) is 44.2 Å². The van der Waals surface area contributed by atoms with Crippen LogP contribution in [0, 0.1) is 0 Å². The van der Waals surface area contributed by atoms with Crippen LogP contribution in [0.2, 0.25) is 0 Å². The number of esters is 2. The highest BCUT2D eigenvalue weighted by Crippen LogP contribution is 2.41. The molecule has 0 saturated carbocycles. The molecule has 0 amide bonds. The summed E-state index contributed by atoms with van der Waals surface area (Å²) < 4.78 is 98.0. The predicted octanol–water partition coefficient (Wildman–Crippen LogP) is 4.99. The van der Waals surface area contributed by atoms with Gasteiger partial charge in [0, 0.05) is 5.56 Å². The molecule has 198 valence electrons. The first-order valence-corrected chi connectivity index (χ1v) is 10.2. The maximum absolute atomic E-state index is 13.8. The molecule has 0 aliphatic carbocycles. The summed E-state index contributed by atoms with van der Waals surface area (Å²) in [5.41, 5.74) is -0.550. The fourth-order valence-electron chi connectivity index (χ4n) is 3.24. The Bertz CT molecular complexity index is 1290. The minimum Gasteiger partial charge on any atom is -0.493 e. The first-order chi connectivity index (χ1) is 17.3. The van der Waals surface area contributed by atoms with E-state index in [4.69, 9.17) is 14.2 Å². The molecule has 0 saturated heterocycles. The van der Waals surface area contributed by atoms with Gasteiger partial charge in [-0.15, -0.1) is 0 Å². The Labute approximate surface area is 205 Å². The van der Waals surface area contributed by atoms with E-state index in [0.29, 0.717) is 5.69 Å². The third kappa shape index (κ3) is 5.47. The molecule has 0 spiro atoms. The standard InChI is InChI=1S/C23H18F6N2O6/c1-34-15-11-12(9-10-14(15)37-23(28,29)21(24)22(25,26)27)17-16(19(32)35-2)18(20(33)36-3)31(30-17)13-7-5-4-6-8-13/h4-11,21H,1-3H3. The number of para-hydroxylation sites is 1. The van der Waals surface area contributed by atoms with E-state index in [1.165, 1.54) is 0 Å². The number of methoxy groups -OCH3 is 3. The van der Waals surface area contributed by atoms with Gasteiger partial charge in [0.15, 0.2) is 17.2 Å². The van der Waals surface area contributed by atoms with Crippen LogP contribution in [-0.2, 0) is 9.47 Å². The molecule has 0 aliphatic rings. The molecule has 8 nitrogen and oxygen atoms in total. The molecule has 0 bridgehead atoms. The van der Waals surface area contributed by atoms with Gasteiger partial charge < -0.3 is 18.9 Å². The van der Waals surface area contributed by atoms with Gasteiger partial charge in [-0.1, -0.05) is 18.2 Å². The first kappa shape index (κ1) is 27.4. The third-order valence-electron chi connectivity index (χ3n) is 4.92. The first-order valence-electron chi connectivity index (χ1n) is 10.2. The SMILES string of the molecule is COC(=O)c1c(-c2ccc(OC(F)(F)C(F)C(F)(F)F)c(OC)c2)nn(-c2ccccc2)c1C(=O)OC. The summed E-state index contributed by atoms with van der Waals surface area (Å²) in [6.07, 6.45) is -15.8. The number of rotatable bonds is 8. The molecule has 14 heteroatoms. The van der Waals surface area contributed by atoms with Gasteiger partial charge in [-0.05, 0) is 30.3 Å². The van der Waals surface area contributed by atoms with Crippen molar-refractivity contribution in [3.05, 3.63) is 59.8 Å². The average Bonchev–Trinajstić information content (AvgIpc) is 3.28. The van der Waals surface area contributed by atoms with Crippen molar-refractivity contribution < 1.29 is 54.9 Å². The van der Waals surface area contributed by atoms with Crippen LogP contribution in [-0.4, -0.2) is 61.5 Å². The second-order valence-electron chi connectivity index (χ2n) is 7.24. The summed E-state index contributed by atoms with van der Waals surface area (Å²) in [7, 11) is 3.10. The fraction of sp³-hybridized carbons (Fsp3) is 0.261. The minimum absolute atomic E-state index is 0.0135. The lowest BCUT2D eigenvalue weighted by Crippen LogP contribution is -2.45. The van der Waals surface area contributed by atoms with Gasteiger partial charge in [0.2, 0.25) is 0 Å². The second-order valence-corrected chi connectivity index (χ2v) is 7.24. The Hall–Kier alpha value is -4.23. The predicted molar refractivity (Wildman–Crippen MR) is 115 cm³/mol. The zero-order valence-electron chi connectivity index (χ0n) is 19.3. The number of hydrogen-bond donors (Lipinski definition) is 0. The average molecular weight is 532 g/mol. The van der Waals surface area contributed by atoms with Crippen LogP contribution >= 0.6 is 0 Å². The largest absolute Gasteiger partial charge is 0.493 e. The molecule has 0 radical (unpaired) electrons. The topological polar surface area (TPSA) is 88.9 Å². The molecular formula is C23H18F6N2O6. The number of benzene rings is 2. The van der Waals surface area contributed by atoms with Crippen molar-refractivity contribution in [2.75, 3.05) is 21.3 Å². The lowest BCUT2D eigenvalue weighted by Gasteiger charge is -2.24. The van der Waals surface area contributed by atoms with E-state index in [9.17, 15) is 35.9 Å². The van der Waals surface area contributed by atoms with Crippen LogP contribution in [0.3, 0.4) is 0 Å². The maximum Gasteiger partial charge on any atom is 0.439 e. The van der Waals surface area contributed by atoms with Crippen LogP contribution in [0.25, 0.3) is 16.9 Å². The number of carbonyl (C=O) groups is 2. The third-order valence-corrected chi connectivity index (χ3v) is 4.92. The quantitative estimate of drug-likeness (QED) is 0.298. The number of ether oxygens (including phenoxy) is 4. The molecule has 2 aromatic carbocycles. The van der Waals surface area contributed by atoms with Crippen molar-refractivity contribution in [2.45, 2.75) is 18.5 Å². The smallest absolute Gasteiger partial charge is 0.439 e. The van der Waals surface area contributed by atoms with Gasteiger partial charge in [0.1, 0.15) is 11.3 Å². The molecule has 37 heavy (non-hydrogen) atoms. The number of hydrogen-bond acceptors (Lipinski definition) is 7. The van der Waals surface area contributed by atoms with Gasteiger partial charge in [-0.25, -0.2) is 18.7 Å². The second kappa shape index (κ2) is 10.4. The summed E-state index contributed by atoms with van der Waals surface area (Å²) in [5.74, 6) is -3.45. The van der Waals surface area contributed by atoms with Crippen molar-refractivity contribution in [1.29, 1.82) is 0 Å². The maximum atomic E-state index is 13.8. The molecule has 0 aliphatic heterocycles. The molecule has 1 heterocycles. The summed E-state index contributed by atoms with van der Waals surface area (Å²) >= 11 is 0. The van der Waals surface area contributed by atoms with Gasteiger partial charge in [-0.2, -0.15) is 27.1 Å². The molecule has 1 unspecified atom stereocenters. The lowest BCUT2D eigenvalue weighted by atomic mass is 10.0. The summed E-state index contributed by atoms with van der Waals surface area (Å²) in [5, 5.41) is 4.29. The summed E-state index contributed by atoms with van der Waals surface area (Å²) in [4.78, 5) is 25.3. The number of halogens is 6. The fourth-order valence-corrected chi connectivity index (χ4v) is 3.24. The van der Waals surface area contributed by atoms with E-state index in [2.05, 4.69) is 9.84 Å². The lowest BCUT2D eigenvalue weighted by molar-refractivity contribution is -0.305. The summed E-state index contributed by atoms with van der Waals surface area (Å²) in [6, 6.07) is 10.9. The van der Waals surface area contributed by atoms with Crippen LogP contribution in [0.5, 0.6) is 11.5 Å². The van der Waals surface area contributed by atoms with E-state index in [-0.39, 0.29) is 22.5 Å². The Balaban J connectivity index is 2.19. The minimum atomic E-state index is -5.89. The zero-order valence-corrected chi connectivity index (χ0v) is 19.3. The molecule has 3 aromatic rings. The zero-order chi connectivity index (χ0) is 27.5. The van der Waals surface area contributed by atoms with Gasteiger partial charge in [0.25, 0.3) is 6.17 Å². The Kier molecular flexibility index (Phi) is 7.69. The van der Waals surface area contributed by atoms with Crippen molar-refractivity contribution in [2.24, 2.45) is 0 Å². The van der Waals surface area contributed by atoms with E-state index >= 15 is 0 Å². The highest BCUT2D eigenvalue weighted by molar-refractivity contribution is 6.06. The van der Waals surface area contributed by atoms with Crippen LogP contribution < -0.4 is 9.47 Å². The summed E-state index contributed by atoms with van der Waals surface area (Å²) in [6.45, 7) is 0. The number of carbonyl (C=O) groups excluding carboxylic acids is 2. The van der Waals surface area contributed by atoms with E-state index < -0.39 is 41.9 Å². The highest BCUT2D eigenvalue weighted by atomic mass is 19.4. The monoisotopic (exact) mass is 532 g/mol. The van der Waals surface area contributed by atoms with Crippen LogP contribution in [0.4, 0.5) is 26.3 Å². The van der Waals surface area contributed by atoms with E-state index in [1.54, 1.807) is 30.3 Å². The molecule has 1 atom stereocenters. The highest BCUT2D eigenvalue weighted by Gasteiger charge is 2.59. The molecular weight excluding hydrogens is 514 g/mol. The van der Waals surface area contributed by atoms with Crippen molar-refractivity contribution in [3.63, 3.8) is 0 Å². The normalized spacial score (nSPS) is 12.6. The number of alkyl halides is 6. The Morgan fingerprint density at radius 1 is 0.892 bits per heavy atom.